The molecule has 1 heterocycles. The van der Waals surface area contributed by atoms with Gasteiger partial charge in [0.2, 0.25) is 0 Å². The van der Waals surface area contributed by atoms with Crippen molar-refractivity contribution < 1.29 is 4.39 Å². The van der Waals surface area contributed by atoms with Gasteiger partial charge in [0.1, 0.15) is 5.82 Å². The summed E-state index contributed by atoms with van der Waals surface area (Å²) in [5.41, 5.74) is 0.958. The van der Waals surface area contributed by atoms with Crippen molar-refractivity contribution >= 4 is 21.6 Å². The first-order valence-corrected chi connectivity index (χ1v) is 6.43. The lowest BCUT2D eigenvalue weighted by molar-refractivity contribution is 0.446. The second-order valence-electron chi connectivity index (χ2n) is 4.10. The van der Waals surface area contributed by atoms with Crippen LogP contribution in [0.25, 0.3) is 0 Å². The summed E-state index contributed by atoms with van der Waals surface area (Å²) in [4.78, 5) is 2.23. The van der Waals surface area contributed by atoms with E-state index in [2.05, 4.69) is 33.1 Å². The third kappa shape index (κ3) is 2.55. The second kappa shape index (κ2) is 5.15. The third-order valence-corrected chi connectivity index (χ3v) is 3.67. The van der Waals surface area contributed by atoms with Crippen LogP contribution >= 0.6 is 15.9 Å². The van der Waals surface area contributed by atoms with E-state index in [9.17, 15) is 4.39 Å². The van der Waals surface area contributed by atoms with Crippen molar-refractivity contribution in [3.8, 4) is 0 Å². The Labute approximate surface area is 104 Å². The summed E-state index contributed by atoms with van der Waals surface area (Å²) in [5, 5.41) is 3.45. The van der Waals surface area contributed by atoms with Gasteiger partial charge in [-0.25, -0.2) is 4.39 Å². The van der Waals surface area contributed by atoms with Crippen molar-refractivity contribution in [1.82, 2.24) is 5.32 Å². The highest BCUT2D eigenvalue weighted by Gasteiger charge is 2.19. The maximum Gasteiger partial charge on any atom is 0.125 e. The summed E-state index contributed by atoms with van der Waals surface area (Å²) in [5.74, 6) is -0.176. The van der Waals surface area contributed by atoms with E-state index in [0.29, 0.717) is 6.04 Å². The molecule has 0 amide bonds. The predicted octanol–water partition coefficient (Wildman–Crippen LogP) is 2.78. The molecule has 2 rings (SSSR count). The van der Waals surface area contributed by atoms with Crippen LogP contribution in [0.3, 0.4) is 0 Å². The van der Waals surface area contributed by atoms with Gasteiger partial charge in [0, 0.05) is 30.1 Å². The SMILES string of the molecule is CCC1CN(c2cc(F)ccc2Br)CCN1. The van der Waals surface area contributed by atoms with Crippen LogP contribution in [-0.4, -0.2) is 25.7 Å². The summed E-state index contributed by atoms with van der Waals surface area (Å²) >= 11 is 3.48. The molecule has 1 aromatic rings. The van der Waals surface area contributed by atoms with Gasteiger partial charge in [-0.3, -0.25) is 0 Å². The van der Waals surface area contributed by atoms with Crippen LogP contribution in [0.2, 0.25) is 0 Å². The first-order chi connectivity index (χ1) is 7.70. The van der Waals surface area contributed by atoms with Gasteiger partial charge in [-0.1, -0.05) is 6.92 Å². The van der Waals surface area contributed by atoms with Crippen LogP contribution in [0.5, 0.6) is 0 Å². The Morgan fingerprint density at radius 1 is 1.56 bits per heavy atom. The molecule has 1 atom stereocenters. The van der Waals surface area contributed by atoms with Crippen molar-refractivity contribution in [3.05, 3.63) is 28.5 Å². The van der Waals surface area contributed by atoms with Gasteiger partial charge in [-0.2, -0.15) is 0 Å². The number of halogens is 2. The zero-order valence-corrected chi connectivity index (χ0v) is 10.9. The lowest BCUT2D eigenvalue weighted by atomic mass is 10.1. The number of rotatable bonds is 2. The predicted molar refractivity (Wildman–Crippen MR) is 68.4 cm³/mol. The van der Waals surface area contributed by atoms with Crippen LogP contribution < -0.4 is 10.2 Å². The quantitative estimate of drug-likeness (QED) is 0.899. The highest BCUT2D eigenvalue weighted by atomic mass is 79.9. The normalized spacial score (nSPS) is 21.2. The standard InChI is InChI=1S/C12H16BrFN2/c1-2-10-8-16(6-5-15-10)12-7-9(14)3-4-11(12)13/h3-4,7,10,15H,2,5-6,8H2,1H3. The fraction of sp³-hybridized carbons (Fsp3) is 0.500. The molecular formula is C12H16BrFN2. The molecule has 1 fully saturated rings. The lowest BCUT2D eigenvalue weighted by Crippen LogP contribution is -2.50. The molecule has 2 nitrogen and oxygen atoms in total. The van der Waals surface area contributed by atoms with Gasteiger partial charge in [0.15, 0.2) is 0 Å². The third-order valence-electron chi connectivity index (χ3n) is 3.00. The molecule has 88 valence electrons. The summed E-state index contributed by atoms with van der Waals surface area (Å²) in [6, 6.07) is 5.35. The van der Waals surface area contributed by atoms with Gasteiger partial charge < -0.3 is 10.2 Å². The van der Waals surface area contributed by atoms with Gasteiger partial charge in [-0.15, -0.1) is 0 Å². The largest absolute Gasteiger partial charge is 0.368 e. The average molecular weight is 287 g/mol. The number of anilines is 1. The summed E-state index contributed by atoms with van der Waals surface area (Å²) in [7, 11) is 0. The molecular weight excluding hydrogens is 271 g/mol. The average Bonchev–Trinajstić information content (AvgIpc) is 2.32. The molecule has 1 aliphatic rings. The maximum absolute atomic E-state index is 13.2. The molecule has 0 spiro atoms. The molecule has 1 N–H and O–H groups in total. The second-order valence-corrected chi connectivity index (χ2v) is 4.96. The molecule has 0 radical (unpaired) electrons. The number of hydrogen-bond donors (Lipinski definition) is 1. The number of hydrogen-bond acceptors (Lipinski definition) is 2. The van der Waals surface area contributed by atoms with Crippen LogP contribution in [-0.2, 0) is 0 Å². The molecule has 0 bridgehead atoms. The zero-order chi connectivity index (χ0) is 11.5. The van der Waals surface area contributed by atoms with E-state index in [1.807, 2.05) is 0 Å². The first kappa shape index (κ1) is 11.9. The van der Waals surface area contributed by atoms with Crippen molar-refractivity contribution in [3.63, 3.8) is 0 Å². The Morgan fingerprint density at radius 2 is 2.38 bits per heavy atom. The minimum atomic E-state index is -0.176. The maximum atomic E-state index is 13.2. The Hall–Kier alpha value is -0.610. The van der Waals surface area contributed by atoms with E-state index in [1.165, 1.54) is 6.07 Å². The van der Waals surface area contributed by atoms with Crippen LogP contribution in [0.1, 0.15) is 13.3 Å². The Balaban J connectivity index is 2.19. The fourth-order valence-corrected chi connectivity index (χ4v) is 2.54. The molecule has 1 unspecified atom stereocenters. The Bertz CT molecular complexity index is 370. The summed E-state index contributed by atoms with van der Waals surface area (Å²) in [6.45, 7) is 5.00. The van der Waals surface area contributed by atoms with Crippen LogP contribution in [0, 0.1) is 5.82 Å². The van der Waals surface area contributed by atoms with Crippen molar-refractivity contribution in [2.75, 3.05) is 24.5 Å². The zero-order valence-electron chi connectivity index (χ0n) is 9.34. The Morgan fingerprint density at radius 3 is 3.12 bits per heavy atom. The minimum absolute atomic E-state index is 0.176. The van der Waals surface area contributed by atoms with E-state index in [4.69, 9.17) is 0 Å². The molecule has 1 aliphatic heterocycles. The van der Waals surface area contributed by atoms with Crippen molar-refractivity contribution in [2.45, 2.75) is 19.4 Å². The molecule has 0 aliphatic carbocycles. The molecule has 1 saturated heterocycles. The van der Waals surface area contributed by atoms with E-state index in [-0.39, 0.29) is 5.82 Å². The van der Waals surface area contributed by atoms with E-state index in [1.54, 1.807) is 12.1 Å². The highest BCUT2D eigenvalue weighted by molar-refractivity contribution is 9.10. The summed E-state index contributed by atoms with van der Waals surface area (Å²) < 4.78 is 14.2. The van der Waals surface area contributed by atoms with E-state index in [0.717, 1.165) is 36.2 Å². The lowest BCUT2D eigenvalue weighted by Gasteiger charge is -2.35. The fourth-order valence-electron chi connectivity index (χ4n) is 2.05. The number of nitrogens with one attached hydrogen (secondary N) is 1. The van der Waals surface area contributed by atoms with Crippen LogP contribution in [0.15, 0.2) is 22.7 Å². The smallest absolute Gasteiger partial charge is 0.125 e. The van der Waals surface area contributed by atoms with Gasteiger partial charge in [-0.05, 0) is 40.5 Å². The topological polar surface area (TPSA) is 15.3 Å². The van der Waals surface area contributed by atoms with Crippen molar-refractivity contribution in [2.24, 2.45) is 0 Å². The number of piperazine rings is 1. The van der Waals surface area contributed by atoms with Crippen molar-refractivity contribution in [1.29, 1.82) is 0 Å². The van der Waals surface area contributed by atoms with E-state index < -0.39 is 0 Å². The number of nitrogens with zero attached hydrogens (tertiary/aromatic N) is 1. The minimum Gasteiger partial charge on any atom is -0.368 e. The first-order valence-electron chi connectivity index (χ1n) is 5.64. The molecule has 16 heavy (non-hydrogen) atoms. The Kier molecular flexibility index (Phi) is 3.82. The van der Waals surface area contributed by atoms with Crippen LogP contribution in [0.4, 0.5) is 10.1 Å². The molecule has 4 heteroatoms. The molecule has 0 aromatic heterocycles. The van der Waals surface area contributed by atoms with Gasteiger partial charge in [0.05, 0.1) is 5.69 Å². The monoisotopic (exact) mass is 286 g/mol. The van der Waals surface area contributed by atoms with Gasteiger partial charge >= 0.3 is 0 Å². The number of benzene rings is 1. The summed E-state index contributed by atoms with van der Waals surface area (Å²) in [6.07, 6.45) is 1.10. The van der Waals surface area contributed by atoms with E-state index >= 15 is 0 Å². The highest BCUT2D eigenvalue weighted by Crippen LogP contribution is 2.27. The molecule has 1 aromatic carbocycles. The van der Waals surface area contributed by atoms with Gasteiger partial charge in [0.25, 0.3) is 0 Å². The molecule has 0 saturated carbocycles.